The van der Waals surface area contributed by atoms with Gasteiger partial charge in [0.2, 0.25) is 0 Å². The molecule has 0 unspecified atom stereocenters. The Morgan fingerprint density at radius 2 is 0.571 bits per heavy atom. The van der Waals surface area contributed by atoms with Crippen LogP contribution in [0.3, 0.4) is 0 Å². The minimum absolute atomic E-state index is 1.17. The first kappa shape index (κ1) is 23.5. The lowest BCUT2D eigenvalue weighted by Crippen LogP contribution is -2.09. The average Bonchev–Trinajstić information content (AvgIpc) is 2.95. The molecule has 0 aliphatic carbocycles. The fourth-order valence-electron chi connectivity index (χ4n) is 3.64. The van der Waals surface area contributed by atoms with Crippen LogP contribution in [0.5, 0.6) is 0 Å². The van der Waals surface area contributed by atoms with Crippen molar-refractivity contribution in [2.75, 3.05) is 4.90 Å². The van der Waals surface area contributed by atoms with Crippen molar-refractivity contribution in [1.82, 2.24) is 0 Å². The van der Waals surface area contributed by atoms with Crippen molar-refractivity contribution in [3.8, 4) is 0 Å². The topological polar surface area (TPSA) is 3.24 Å². The molecular formula is C34H29N. The number of para-hydroxylation sites is 3. The van der Waals surface area contributed by atoms with Gasteiger partial charge in [0.1, 0.15) is 0 Å². The van der Waals surface area contributed by atoms with Crippen molar-refractivity contribution in [2.45, 2.75) is 0 Å². The van der Waals surface area contributed by atoms with Gasteiger partial charge in [-0.25, -0.2) is 0 Å². The molecule has 0 spiro atoms. The third-order valence-electron chi connectivity index (χ3n) is 5.33. The summed E-state index contributed by atoms with van der Waals surface area (Å²) in [7, 11) is 0. The van der Waals surface area contributed by atoms with E-state index in [1.807, 2.05) is 54.6 Å². The van der Waals surface area contributed by atoms with Crippen molar-refractivity contribution < 1.29 is 0 Å². The summed E-state index contributed by atoms with van der Waals surface area (Å²) in [5.41, 5.74) is 5.94. The molecule has 5 aromatic carbocycles. The zero-order valence-corrected chi connectivity index (χ0v) is 19.7. The Hall–Kier alpha value is -4.62. The van der Waals surface area contributed by atoms with E-state index >= 15 is 0 Å². The molecule has 35 heavy (non-hydrogen) atoms. The maximum Gasteiger partial charge on any atom is 0.0461 e. The van der Waals surface area contributed by atoms with Crippen molar-refractivity contribution in [2.24, 2.45) is 0 Å². The van der Waals surface area contributed by atoms with Crippen LogP contribution in [0.15, 0.2) is 164 Å². The monoisotopic (exact) mass is 451 g/mol. The van der Waals surface area contributed by atoms with E-state index in [1.54, 1.807) is 0 Å². The van der Waals surface area contributed by atoms with E-state index in [2.05, 4.69) is 126 Å². The predicted molar refractivity (Wildman–Crippen MR) is 152 cm³/mol. The molecule has 170 valence electrons. The molecule has 0 aliphatic rings. The Morgan fingerprint density at radius 1 is 0.314 bits per heavy atom. The SMILES string of the molecule is C(/C=C/c1ccccc1)=C\c1ccccc1.c1ccc(N(c2ccccc2)c2ccccc2)cc1. The van der Waals surface area contributed by atoms with E-state index in [0.29, 0.717) is 0 Å². The first-order valence-electron chi connectivity index (χ1n) is 11.8. The first-order valence-corrected chi connectivity index (χ1v) is 11.8. The summed E-state index contributed by atoms with van der Waals surface area (Å²) in [5, 5.41) is 0. The Kier molecular flexibility index (Phi) is 8.86. The molecule has 0 aromatic heterocycles. The Labute approximate surface area is 209 Å². The number of allylic oxidation sites excluding steroid dienone is 2. The second-order valence-electron chi connectivity index (χ2n) is 7.88. The molecule has 0 heterocycles. The van der Waals surface area contributed by atoms with Crippen LogP contribution in [0, 0.1) is 0 Å². The number of nitrogens with zero attached hydrogens (tertiary/aromatic N) is 1. The summed E-state index contributed by atoms with van der Waals surface area (Å²) in [6.45, 7) is 0. The molecule has 1 nitrogen and oxygen atoms in total. The second-order valence-corrected chi connectivity index (χ2v) is 7.88. The van der Waals surface area contributed by atoms with E-state index in [-0.39, 0.29) is 0 Å². The Balaban J connectivity index is 0.000000168. The van der Waals surface area contributed by atoms with E-state index in [0.717, 1.165) is 0 Å². The van der Waals surface area contributed by atoms with Crippen LogP contribution >= 0.6 is 0 Å². The molecule has 1 heteroatoms. The molecule has 0 atom stereocenters. The van der Waals surface area contributed by atoms with Gasteiger partial charge in [0, 0.05) is 17.1 Å². The van der Waals surface area contributed by atoms with E-state index < -0.39 is 0 Å². The molecular weight excluding hydrogens is 422 g/mol. The van der Waals surface area contributed by atoms with Gasteiger partial charge in [-0.15, -0.1) is 0 Å². The van der Waals surface area contributed by atoms with Gasteiger partial charge in [-0.1, -0.05) is 140 Å². The summed E-state index contributed by atoms with van der Waals surface area (Å²) in [5.74, 6) is 0. The van der Waals surface area contributed by atoms with Crippen molar-refractivity contribution >= 4 is 29.2 Å². The highest BCUT2D eigenvalue weighted by atomic mass is 15.1. The maximum absolute atomic E-state index is 2.25. The van der Waals surface area contributed by atoms with Gasteiger partial charge in [0.25, 0.3) is 0 Å². The molecule has 0 radical (unpaired) electrons. The number of hydrogen-bond acceptors (Lipinski definition) is 1. The Bertz CT molecular complexity index is 1150. The minimum atomic E-state index is 1.17. The lowest BCUT2D eigenvalue weighted by molar-refractivity contribution is 1.28. The van der Waals surface area contributed by atoms with Crippen LogP contribution in [0.1, 0.15) is 11.1 Å². The van der Waals surface area contributed by atoms with Gasteiger partial charge in [-0.05, 0) is 47.5 Å². The van der Waals surface area contributed by atoms with Gasteiger partial charge in [-0.3, -0.25) is 0 Å². The zero-order valence-electron chi connectivity index (χ0n) is 19.7. The highest BCUT2D eigenvalue weighted by Crippen LogP contribution is 2.33. The summed E-state index contributed by atoms with van der Waals surface area (Å²) >= 11 is 0. The third-order valence-corrected chi connectivity index (χ3v) is 5.33. The fraction of sp³-hybridized carbons (Fsp3) is 0. The average molecular weight is 452 g/mol. The molecule has 0 saturated heterocycles. The number of hydrogen-bond donors (Lipinski definition) is 0. The summed E-state index contributed by atoms with van der Waals surface area (Å²) in [4.78, 5) is 2.25. The highest BCUT2D eigenvalue weighted by Gasteiger charge is 2.10. The van der Waals surface area contributed by atoms with Crippen LogP contribution in [0.25, 0.3) is 12.2 Å². The lowest BCUT2D eigenvalue weighted by Gasteiger charge is -2.25. The van der Waals surface area contributed by atoms with Gasteiger partial charge in [0.05, 0.1) is 0 Å². The zero-order chi connectivity index (χ0) is 24.0. The van der Waals surface area contributed by atoms with E-state index in [9.17, 15) is 0 Å². The number of rotatable bonds is 6. The number of benzene rings is 5. The maximum atomic E-state index is 2.25. The van der Waals surface area contributed by atoms with Crippen LogP contribution in [0.2, 0.25) is 0 Å². The third kappa shape index (κ3) is 7.45. The molecule has 0 saturated carbocycles. The molecule has 0 amide bonds. The normalized spacial score (nSPS) is 10.6. The molecule has 5 aromatic rings. The molecule has 0 aliphatic heterocycles. The fourth-order valence-corrected chi connectivity index (χ4v) is 3.64. The van der Waals surface area contributed by atoms with Gasteiger partial charge < -0.3 is 4.90 Å². The molecule has 5 rings (SSSR count). The van der Waals surface area contributed by atoms with E-state index in [4.69, 9.17) is 0 Å². The highest BCUT2D eigenvalue weighted by molar-refractivity contribution is 5.76. The van der Waals surface area contributed by atoms with Gasteiger partial charge >= 0.3 is 0 Å². The summed E-state index contributed by atoms with van der Waals surface area (Å²) < 4.78 is 0. The van der Waals surface area contributed by atoms with Crippen LogP contribution in [-0.4, -0.2) is 0 Å². The van der Waals surface area contributed by atoms with Crippen molar-refractivity contribution in [3.05, 3.63) is 175 Å². The van der Waals surface area contributed by atoms with Crippen molar-refractivity contribution in [3.63, 3.8) is 0 Å². The van der Waals surface area contributed by atoms with Crippen molar-refractivity contribution in [1.29, 1.82) is 0 Å². The standard InChI is InChI=1S/C18H15N.C16H14/c1-4-10-16(11-5-1)19(17-12-6-2-7-13-17)18-14-8-3-9-15-18;1-3-9-15(10-4-1)13-7-8-14-16-11-5-2-6-12-16/h1-15H;1-14H/b;13-7+,14-8+. The smallest absolute Gasteiger partial charge is 0.0461 e. The number of anilines is 3. The summed E-state index contributed by atoms with van der Waals surface area (Å²) in [6, 6.07) is 51.8. The van der Waals surface area contributed by atoms with Gasteiger partial charge in [-0.2, -0.15) is 0 Å². The summed E-state index contributed by atoms with van der Waals surface area (Å²) in [6.07, 6.45) is 8.31. The molecule has 0 fully saturated rings. The van der Waals surface area contributed by atoms with Crippen LogP contribution in [0.4, 0.5) is 17.1 Å². The lowest BCUT2D eigenvalue weighted by atomic mass is 10.2. The van der Waals surface area contributed by atoms with E-state index in [1.165, 1.54) is 28.2 Å². The predicted octanol–water partition coefficient (Wildman–Crippen LogP) is 9.57. The molecule has 0 bridgehead atoms. The second kappa shape index (κ2) is 13.2. The van der Waals surface area contributed by atoms with Gasteiger partial charge in [0.15, 0.2) is 0 Å². The first-order chi connectivity index (χ1) is 17.4. The molecule has 0 N–H and O–H groups in total. The van der Waals surface area contributed by atoms with Crippen LogP contribution in [-0.2, 0) is 0 Å². The quantitative estimate of drug-likeness (QED) is 0.232. The Morgan fingerprint density at radius 3 is 0.857 bits per heavy atom. The van der Waals surface area contributed by atoms with Crippen LogP contribution < -0.4 is 4.90 Å². The largest absolute Gasteiger partial charge is 0.311 e. The minimum Gasteiger partial charge on any atom is -0.311 e.